The van der Waals surface area contributed by atoms with Gasteiger partial charge in [0.15, 0.2) is 0 Å². The number of ether oxygens (including phenoxy) is 1. The third-order valence-electron chi connectivity index (χ3n) is 4.45. The summed E-state index contributed by atoms with van der Waals surface area (Å²) in [6.07, 6.45) is 4.84. The molecule has 0 N–H and O–H groups in total. The first-order valence-corrected chi connectivity index (χ1v) is 9.45. The standard InChI is InChI=1S/C20H33N3O2/c1-7-12-23(19(24)25-20(4,5)6)18-11-10-16(14-21-18)17-9-8-13-22(17)15(2)3/h10-11,14-15,17H,7-9,12-13H2,1-6H3/t17-/m1/s1. The van der Waals surface area contributed by atoms with Gasteiger partial charge in [-0.25, -0.2) is 9.78 Å². The van der Waals surface area contributed by atoms with E-state index in [1.807, 2.05) is 40.0 Å². The summed E-state index contributed by atoms with van der Waals surface area (Å²) >= 11 is 0. The van der Waals surface area contributed by atoms with Crippen molar-refractivity contribution in [3.63, 3.8) is 0 Å². The highest BCUT2D eigenvalue weighted by Gasteiger charge is 2.29. The lowest BCUT2D eigenvalue weighted by molar-refractivity contribution is 0.0579. The predicted molar refractivity (Wildman–Crippen MR) is 102 cm³/mol. The second kappa shape index (κ2) is 8.17. The van der Waals surface area contributed by atoms with Gasteiger partial charge in [0.2, 0.25) is 0 Å². The number of anilines is 1. The Bertz CT molecular complexity index is 563. The van der Waals surface area contributed by atoms with Crippen molar-refractivity contribution in [1.29, 1.82) is 0 Å². The first-order valence-electron chi connectivity index (χ1n) is 9.45. The Labute approximate surface area is 152 Å². The molecule has 0 aromatic carbocycles. The second-order valence-corrected chi connectivity index (χ2v) is 8.07. The summed E-state index contributed by atoms with van der Waals surface area (Å²) in [7, 11) is 0. The number of nitrogens with zero attached hydrogens (tertiary/aromatic N) is 3. The maximum Gasteiger partial charge on any atom is 0.416 e. The van der Waals surface area contributed by atoms with Gasteiger partial charge in [-0.2, -0.15) is 0 Å². The predicted octanol–water partition coefficient (Wildman–Crippen LogP) is 4.78. The molecule has 0 radical (unpaired) electrons. The van der Waals surface area contributed by atoms with Gasteiger partial charge < -0.3 is 4.74 Å². The van der Waals surface area contributed by atoms with E-state index in [1.54, 1.807) is 4.90 Å². The minimum absolute atomic E-state index is 0.334. The molecule has 1 saturated heterocycles. The molecule has 2 rings (SSSR count). The fourth-order valence-corrected chi connectivity index (χ4v) is 3.36. The van der Waals surface area contributed by atoms with E-state index in [-0.39, 0.29) is 6.09 Å². The van der Waals surface area contributed by atoms with Gasteiger partial charge in [0.05, 0.1) is 0 Å². The molecular weight excluding hydrogens is 314 g/mol. The van der Waals surface area contributed by atoms with Crippen molar-refractivity contribution in [3.05, 3.63) is 23.9 Å². The van der Waals surface area contributed by atoms with Crippen molar-refractivity contribution < 1.29 is 9.53 Å². The van der Waals surface area contributed by atoms with E-state index in [1.165, 1.54) is 18.4 Å². The highest BCUT2D eigenvalue weighted by atomic mass is 16.6. The Morgan fingerprint density at radius 1 is 1.40 bits per heavy atom. The van der Waals surface area contributed by atoms with Crippen molar-refractivity contribution in [2.75, 3.05) is 18.0 Å². The van der Waals surface area contributed by atoms with Gasteiger partial charge in [-0.15, -0.1) is 0 Å². The van der Waals surface area contributed by atoms with Crippen molar-refractivity contribution in [2.45, 2.75) is 78.5 Å². The highest BCUT2D eigenvalue weighted by Crippen LogP contribution is 2.33. The number of hydrogen-bond donors (Lipinski definition) is 0. The molecule has 0 bridgehead atoms. The largest absolute Gasteiger partial charge is 0.443 e. The lowest BCUT2D eigenvalue weighted by atomic mass is 10.1. The van der Waals surface area contributed by atoms with Gasteiger partial charge in [0.1, 0.15) is 11.4 Å². The molecule has 1 atom stereocenters. The smallest absolute Gasteiger partial charge is 0.416 e. The summed E-state index contributed by atoms with van der Waals surface area (Å²) in [6, 6.07) is 5.03. The van der Waals surface area contributed by atoms with Crippen LogP contribution in [0, 0.1) is 0 Å². The quantitative estimate of drug-likeness (QED) is 0.769. The van der Waals surface area contributed by atoms with Crippen LogP contribution >= 0.6 is 0 Å². The SMILES string of the molecule is CCCN(C(=O)OC(C)(C)C)c1ccc([C@H]2CCCN2C(C)C)cn1. The van der Waals surface area contributed by atoms with Crippen LogP contribution in [0.3, 0.4) is 0 Å². The van der Waals surface area contributed by atoms with Crippen LogP contribution in [0.5, 0.6) is 0 Å². The fourth-order valence-electron chi connectivity index (χ4n) is 3.36. The van der Waals surface area contributed by atoms with E-state index in [4.69, 9.17) is 4.74 Å². The molecule has 1 aliphatic rings. The third kappa shape index (κ3) is 5.18. The molecule has 0 spiro atoms. The summed E-state index contributed by atoms with van der Waals surface area (Å²) in [6.45, 7) is 13.9. The molecular formula is C20H33N3O2. The zero-order valence-electron chi connectivity index (χ0n) is 16.6. The lowest BCUT2D eigenvalue weighted by Gasteiger charge is -2.29. The molecule has 25 heavy (non-hydrogen) atoms. The van der Waals surface area contributed by atoms with Crippen LogP contribution in [0.1, 0.15) is 72.4 Å². The Balaban J connectivity index is 2.16. The Morgan fingerprint density at radius 3 is 2.64 bits per heavy atom. The van der Waals surface area contributed by atoms with Crippen LogP contribution in [0.2, 0.25) is 0 Å². The van der Waals surface area contributed by atoms with E-state index >= 15 is 0 Å². The van der Waals surface area contributed by atoms with E-state index in [9.17, 15) is 4.79 Å². The average molecular weight is 348 g/mol. The van der Waals surface area contributed by atoms with Gasteiger partial charge in [-0.1, -0.05) is 13.0 Å². The normalized spacial score (nSPS) is 18.6. The number of pyridine rings is 1. The lowest BCUT2D eigenvalue weighted by Crippen LogP contribution is -2.38. The topological polar surface area (TPSA) is 45.7 Å². The number of likely N-dealkylation sites (tertiary alicyclic amines) is 1. The molecule has 2 heterocycles. The summed E-state index contributed by atoms with van der Waals surface area (Å²) in [4.78, 5) is 21.2. The maximum absolute atomic E-state index is 12.5. The minimum Gasteiger partial charge on any atom is -0.443 e. The van der Waals surface area contributed by atoms with Crippen LogP contribution in [0.25, 0.3) is 0 Å². The maximum atomic E-state index is 12.5. The van der Waals surface area contributed by atoms with Crippen LogP contribution in [-0.4, -0.2) is 40.7 Å². The first-order chi connectivity index (χ1) is 11.7. The molecule has 1 aliphatic heterocycles. The van der Waals surface area contributed by atoms with Gasteiger partial charge >= 0.3 is 6.09 Å². The molecule has 0 unspecified atom stereocenters. The molecule has 5 heteroatoms. The Morgan fingerprint density at radius 2 is 2.12 bits per heavy atom. The number of carbonyl (C=O) groups excluding carboxylic acids is 1. The van der Waals surface area contributed by atoms with Gasteiger partial charge in [-0.05, 0) is 72.1 Å². The van der Waals surface area contributed by atoms with Crippen LogP contribution in [-0.2, 0) is 4.74 Å². The van der Waals surface area contributed by atoms with Crippen molar-refractivity contribution in [2.24, 2.45) is 0 Å². The number of amides is 1. The molecule has 0 aliphatic carbocycles. The van der Waals surface area contributed by atoms with Gasteiger partial charge in [0, 0.05) is 24.8 Å². The zero-order valence-corrected chi connectivity index (χ0v) is 16.6. The van der Waals surface area contributed by atoms with E-state index < -0.39 is 5.60 Å². The molecule has 1 fully saturated rings. The number of rotatable bonds is 5. The zero-order chi connectivity index (χ0) is 18.6. The van der Waals surface area contributed by atoms with Crippen LogP contribution in [0.15, 0.2) is 18.3 Å². The summed E-state index contributed by atoms with van der Waals surface area (Å²) in [5.41, 5.74) is 0.723. The molecule has 1 aromatic heterocycles. The second-order valence-electron chi connectivity index (χ2n) is 8.07. The molecule has 1 amide bonds. The number of hydrogen-bond acceptors (Lipinski definition) is 4. The fraction of sp³-hybridized carbons (Fsp3) is 0.700. The van der Waals surface area contributed by atoms with Crippen molar-refractivity contribution >= 4 is 11.9 Å². The van der Waals surface area contributed by atoms with Gasteiger partial charge in [-0.3, -0.25) is 9.80 Å². The van der Waals surface area contributed by atoms with Crippen molar-refractivity contribution in [3.8, 4) is 0 Å². The van der Waals surface area contributed by atoms with Gasteiger partial charge in [0.25, 0.3) is 0 Å². The molecule has 0 saturated carbocycles. The molecule has 1 aromatic rings. The van der Waals surface area contributed by atoms with E-state index in [0.29, 0.717) is 24.4 Å². The summed E-state index contributed by atoms with van der Waals surface area (Å²) in [5.74, 6) is 0.661. The van der Waals surface area contributed by atoms with Crippen LogP contribution < -0.4 is 4.90 Å². The summed E-state index contributed by atoms with van der Waals surface area (Å²) < 4.78 is 5.52. The van der Waals surface area contributed by atoms with Crippen molar-refractivity contribution in [1.82, 2.24) is 9.88 Å². The number of aromatic nitrogens is 1. The van der Waals surface area contributed by atoms with E-state index in [0.717, 1.165) is 13.0 Å². The highest BCUT2D eigenvalue weighted by molar-refractivity contribution is 5.86. The van der Waals surface area contributed by atoms with Crippen LogP contribution in [0.4, 0.5) is 10.6 Å². The monoisotopic (exact) mass is 347 g/mol. The Kier molecular flexibility index (Phi) is 6.44. The Hall–Kier alpha value is -1.62. The summed E-state index contributed by atoms with van der Waals surface area (Å²) in [5, 5.41) is 0. The molecule has 5 nitrogen and oxygen atoms in total. The van der Waals surface area contributed by atoms with E-state index in [2.05, 4.69) is 29.8 Å². The minimum atomic E-state index is -0.509. The first kappa shape index (κ1) is 19.7. The number of carbonyl (C=O) groups is 1. The third-order valence-corrected chi connectivity index (χ3v) is 4.45. The average Bonchev–Trinajstić information content (AvgIpc) is 3.01. The molecule has 140 valence electrons.